The summed E-state index contributed by atoms with van der Waals surface area (Å²) in [6.07, 6.45) is -3.56. The van der Waals surface area contributed by atoms with Gasteiger partial charge in [-0.15, -0.1) is 0 Å². The Morgan fingerprint density at radius 2 is 2.04 bits per heavy atom. The average Bonchev–Trinajstić information content (AvgIpc) is 2.79. The van der Waals surface area contributed by atoms with Gasteiger partial charge in [-0.1, -0.05) is 5.11 Å². The first-order valence-electron chi connectivity index (χ1n) is 8.34. The van der Waals surface area contributed by atoms with Crippen molar-refractivity contribution in [2.45, 2.75) is 38.4 Å². The molecule has 0 unspecified atom stereocenters. The monoisotopic (exact) mass is 410 g/mol. The molecule has 0 radical (unpaired) electrons. The summed E-state index contributed by atoms with van der Waals surface area (Å²) in [6.45, 7) is 3.98. The number of hydrogen-bond acceptors (Lipinski definition) is 4. The van der Waals surface area contributed by atoms with E-state index in [1.807, 2.05) is 0 Å². The molecule has 1 heterocycles. The number of amides is 1. The number of rotatable bonds is 6. The number of unbranched alkanes of at least 4 members (excludes halogenated alkanes) is 1. The lowest BCUT2D eigenvalue weighted by molar-refractivity contribution is -0.137. The lowest BCUT2D eigenvalue weighted by Gasteiger charge is -2.29. The number of nitriles is 1. The fourth-order valence-corrected chi connectivity index (χ4v) is 3.45. The first-order chi connectivity index (χ1) is 13.1. The Hall–Kier alpha value is -2.83. The molecular formula is C17H17F3N6OS. The maximum atomic E-state index is 13.3. The number of thiocarbonyl (C=S) groups is 1. The Morgan fingerprint density at radius 1 is 1.36 bits per heavy atom. The zero-order valence-corrected chi connectivity index (χ0v) is 16.0. The third-order valence-corrected chi connectivity index (χ3v) is 4.87. The van der Waals surface area contributed by atoms with Gasteiger partial charge in [-0.3, -0.25) is 9.69 Å². The fourth-order valence-electron chi connectivity index (χ4n) is 2.94. The smallest absolute Gasteiger partial charge is 0.334 e. The third kappa shape index (κ3) is 4.03. The quantitative estimate of drug-likeness (QED) is 0.229. The molecule has 28 heavy (non-hydrogen) atoms. The Kier molecular flexibility index (Phi) is 6.17. The summed E-state index contributed by atoms with van der Waals surface area (Å²) in [5, 5.41) is 12.5. The summed E-state index contributed by atoms with van der Waals surface area (Å²) in [4.78, 5) is 18.3. The largest absolute Gasteiger partial charge is 0.417 e. The van der Waals surface area contributed by atoms with Crippen LogP contribution in [0.25, 0.3) is 10.4 Å². The van der Waals surface area contributed by atoms with Gasteiger partial charge in [0, 0.05) is 18.0 Å². The summed E-state index contributed by atoms with van der Waals surface area (Å²) in [5.41, 5.74) is 5.57. The highest BCUT2D eigenvalue weighted by Gasteiger charge is 2.49. The van der Waals surface area contributed by atoms with E-state index in [1.165, 1.54) is 12.1 Å². The van der Waals surface area contributed by atoms with E-state index in [0.717, 1.165) is 17.0 Å². The predicted octanol–water partition coefficient (Wildman–Crippen LogP) is 4.38. The number of azide groups is 1. The molecule has 2 rings (SSSR count). The molecule has 0 bridgehead atoms. The topological polar surface area (TPSA) is 96.1 Å². The van der Waals surface area contributed by atoms with Crippen molar-refractivity contribution in [1.29, 1.82) is 5.26 Å². The van der Waals surface area contributed by atoms with Crippen molar-refractivity contribution in [1.82, 2.24) is 4.90 Å². The number of benzene rings is 1. The van der Waals surface area contributed by atoms with Gasteiger partial charge in [0.25, 0.3) is 5.91 Å². The Morgan fingerprint density at radius 3 is 2.61 bits per heavy atom. The summed E-state index contributed by atoms with van der Waals surface area (Å²) >= 11 is 5.37. The SMILES string of the molecule is CC1(C)C(=O)N(c2ccc(C#N)c(C(F)(F)F)c2)C(=S)N1CCCCN=[N+]=[N-]. The highest BCUT2D eigenvalue weighted by atomic mass is 32.1. The van der Waals surface area contributed by atoms with Gasteiger partial charge in [0.2, 0.25) is 0 Å². The highest BCUT2D eigenvalue weighted by molar-refractivity contribution is 7.80. The summed E-state index contributed by atoms with van der Waals surface area (Å²) in [7, 11) is 0. The molecule has 7 nitrogen and oxygen atoms in total. The van der Waals surface area contributed by atoms with E-state index in [1.54, 1.807) is 18.7 Å². The minimum atomic E-state index is -4.73. The predicted molar refractivity (Wildman–Crippen MR) is 100 cm³/mol. The third-order valence-electron chi connectivity index (χ3n) is 4.46. The fraction of sp³-hybridized carbons (Fsp3) is 0.471. The molecular weight excluding hydrogens is 393 g/mol. The molecule has 148 valence electrons. The maximum Gasteiger partial charge on any atom is 0.417 e. The van der Waals surface area contributed by atoms with Gasteiger partial charge >= 0.3 is 6.18 Å². The zero-order chi connectivity index (χ0) is 21.1. The van der Waals surface area contributed by atoms with Crippen LogP contribution in [-0.4, -0.2) is 34.5 Å². The standard InChI is InChI=1S/C17H17F3N6OS/c1-16(2)14(27)26(15(28)25(16)8-4-3-7-23-24-22)12-6-5-11(10-21)13(9-12)17(18,19)20/h5-6,9H,3-4,7-8H2,1-2H3. The van der Waals surface area contributed by atoms with E-state index in [9.17, 15) is 18.0 Å². The van der Waals surface area contributed by atoms with Crippen LogP contribution in [0.1, 0.15) is 37.8 Å². The summed E-state index contributed by atoms with van der Waals surface area (Å²) in [5.74, 6) is -0.453. The normalized spacial score (nSPS) is 16.1. The molecule has 0 aliphatic carbocycles. The second kappa shape index (κ2) is 8.04. The van der Waals surface area contributed by atoms with Gasteiger partial charge < -0.3 is 4.90 Å². The van der Waals surface area contributed by atoms with E-state index in [0.29, 0.717) is 25.9 Å². The molecule has 11 heteroatoms. The number of hydrogen-bond donors (Lipinski definition) is 0. The number of anilines is 1. The molecule has 0 aromatic heterocycles. The van der Waals surface area contributed by atoms with Crippen molar-refractivity contribution < 1.29 is 18.0 Å². The molecule has 1 aromatic rings. The molecule has 1 aliphatic heterocycles. The van der Waals surface area contributed by atoms with E-state index >= 15 is 0 Å². The van der Waals surface area contributed by atoms with Crippen molar-refractivity contribution in [2.24, 2.45) is 5.11 Å². The molecule has 1 saturated heterocycles. The van der Waals surface area contributed by atoms with Gasteiger partial charge in [0.05, 0.1) is 22.9 Å². The van der Waals surface area contributed by atoms with Crippen molar-refractivity contribution in [3.8, 4) is 6.07 Å². The van der Waals surface area contributed by atoms with E-state index in [2.05, 4.69) is 10.0 Å². The molecule has 1 aliphatic rings. The molecule has 1 aromatic carbocycles. The molecule has 0 N–H and O–H groups in total. The van der Waals surface area contributed by atoms with Crippen LogP contribution in [0, 0.1) is 11.3 Å². The van der Waals surface area contributed by atoms with Gasteiger partial charge in [-0.2, -0.15) is 18.4 Å². The van der Waals surface area contributed by atoms with Crippen LogP contribution in [0.3, 0.4) is 0 Å². The summed E-state index contributed by atoms with van der Waals surface area (Å²) in [6, 6.07) is 4.59. The Labute approximate surface area is 165 Å². The van der Waals surface area contributed by atoms with Gasteiger partial charge in [0.1, 0.15) is 5.54 Å². The zero-order valence-electron chi connectivity index (χ0n) is 15.2. The van der Waals surface area contributed by atoms with Crippen LogP contribution < -0.4 is 4.90 Å². The lowest BCUT2D eigenvalue weighted by Crippen LogP contribution is -2.44. The van der Waals surface area contributed by atoms with Crippen LogP contribution in [0.4, 0.5) is 18.9 Å². The van der Waals surface area contributed by atoms with E-state index in [-0.39, 0.29) is 10.8 Å². The van der Waals surface area contributed by atoms with Crippen molar-refractivity contribution in [2.75, 3.05) is 18.0 Å². The number of nitrogens with zero attached hydrogens (tertiary/aromatic N) is 6. The van der Waals surface area contributed by atoms with Crippen LogP contribution in [0.5, 0.6) is 0 Å². The van der Waals surface area contributed by atoms with Crippen molar-refractivity contribution in [3.63, 3.8) is 0 Å². The first kappa shape index (κ1) is 21.5. The van der Waals surface area contributed by atoms with Crippen LogP contribution in [0.15, 0.2) is 23.3 Å². The number of halogens is 3. The minimum Gasteiger partial charge on any atom is -0.334 e. The van der Waals surface area contributed by atoms with Crippen LogP contribution in [-0.2, 0) is 11.0 Å². The van der Waals surface area contributed by atoms with Crippen LogP contribution >= 0.6 is 12.2 Å². The molecule has 0 saturated carbocycles. The Bertz CT molecular complexity index is 886. The second-order valence-corrected chi connectivity index (χ2v) is 7.00. The average molecular weight is 410 g/mol. The van der Waals surface area contributed by atoms with Gasteiger partial charge in [-0.25, -0.2) is 0 Å². The Balaban J connectivity index is 2.34. The number of alkyl halides is 3. The van der Waals surface area contributed by atoms with Crippen LogP contribution in [0.2, 0.25) is 0 Å². The highest BCUT2D eigenvalue weighted by Crippen LogP contribution is 2.37. The number of carbonyl (C=O) groups excluding carboxylic acids is 1. The van der Waals surface area contributed by atoms with Crippen molar-refractivity contribution >= 4 is 28.9 Å². The first-order valence-corrected chi connectivity index (χ1v) is 8.75. The van der Waals surface area contributed by atoms with Gasteiger partial charge in [-0.05, 0) is 62.6 Å². The minimum absolute atomic E-state index is 0.0361. The van der Waals surface area contributed by atoms with E-state index < -0.39 is 28.7 Å². The molecule has 0 atom stereocenters. The van der Waals surface area contributed by atoms with Gasteiger partial charge in [0.15, 0.2) is 5.11 Å². The summed E-state index contributed by atoms with van der Waals surface area (Å²) < 4.78 is 39.8. The number of carbonyl (C=O) groups is 1. The second-order valence-electron chi connectivity index (χ2n) is 6.63. The maximum absolute atomic E-state index is 13.3. The molecule has 1 fully saturated rings. The molecule has 1 amide bonds. The molecule has 0 spiro atoms. The lowest BCUT2D eigenvalue weighted by atomic mass is 10.0. The van der Waals surface area contributed by atoms with E-state index in [4.69, 9.17) is 23.0 Å². The van der Waals surface area contributed by atoms with Crippen molar-refractivity contribution in [3.05, 3.63) is 39.8 Å².